The fourth-order valence-corrected chi connectivity index (χ4v) is 2.10. The quantitative estimate of drug-likeness (QED) is 0.691. The summed E-state index contributed by atoms with van der Waals surface area (Å²) in [7, 11) is 0. The number of hydrogen-bond acceptors (Lipinski definition) is 3. The Labute approximate surface area is 126 Å². The van der Waals surface area contributed by atoms with Crippen molar-refractivity contribution in [2.75, 3.05) is 5.32 Å². The van der Waals surface area contributed by atoms with Crippen LogP contribution >= 0.6 is 11.6 Å². The van der Waals surface area contributed by atoms with Crippen LogP contribution in [0.1, 0.15) is 11.1 Å². The lowest BCUT2D eigenvalue weighted by Crippen LogP contribution is -2.15. The molecule has 0 fully saturated rings. The van der Waals surface area contributed by atoms with Gasteiger partial charge in [-0.05, 0) is 30.2 Å². The van der Waals surface area contributed by atoms with Crippen LogP contribution in [0.15, 0.2) is 42.5 Å². The standard InChI is InChI=1S/C15H13ClN2O3/c1-10-5-6-13(18(20)21)9-14(10)17-15(19)8-11-3-2-4-12(16)7-11/h2-7,9H,8H2,1H3,(H,17,19). The first-order valence-corrected chi connectivity index (χ1v) is 6.63. The van der Waals surface area contributed by atoms with Gasteiger partial charge in [0.1, 0.15) is 0 Å². The fraction of sp³-hybridized carbons (Fsp3) is 0.133. The van der Waals surface area contributed by atoms with Gasteiger partial charge in [-0.2, -0.15) is 0 Å². The molecule has 2 aromatic rings. The van der Waals surface area contributed by atoms with Crippen molar-refractivity contribution >= 4 is 28.9 Å². The van der Waals surface area contributed by atoms with Crippen molar-refractivity contribution in [1.82, 2.24) is 0 Å². The maximum atomic E-state index is 12.0. The molecule has 21 heavy (non-hydrogen) atoms. The molecule has 0 aliphatic rings. The van der Waals surface area contributed by atoms with E-state index in [1.54, 1.807) is 37.3 Å². The molecule has 5 nitrogen and oxygen atoms in total. The number of carbonyl (C=O) groups excluding carboxylic acids is 1. The lowest BCUT2D eigenvalue weighted by atomic mass is 10.1. The highest BCUT2D eigenvalue weighted by Crippen LogP contribution is 2.22. The molecule has 2 rings (SSSR count). The molecule has 0 unspecified atom stereocenters. The fourth-order valence-electron chi connectivity index (χ4n) is 1.88. The summed E-state index contributed by atoms with van der Waals surface area (Å²) in [6.45, 7) is 1.78. The topological polar surface area (TPSA) is 72.2 Å². The summed E-state index contributed by atoms with van der Waals surface area (Å²) in [6, 6.07) is 11.4. The number of carbonyl (C=O) groups is 1. The lowest BCUT2D eigenvalue weighted by molar-refractivity contribution is -0.384. The number of amides is 1. The third-order valence-electron chi connectivity index (χ3n) is 2.96. The monoisotopic (exact) mass is 304 g/mol. The van der Waals surface area contributed by atoms with E-state index >= 15 is 0 Å². The summed E-state index contributed by atoms with van der Waals surface area (Å²) < 4.78 is 0. The smallest absolute Gasteiger partial charge is 0.271 e. The van der Waals surface area contributed by atoms with Crippen molar-refractivity contribution in [2.45, 2.75) is 13.3 Å². The van der Waals surface area contributed by atoms with Gasteiger partial charge < -0.3 is 5.32 Å². The molecule has 0 spiro atoms. The van der Waals surface area contributed by atoms with Crippen LogP contribution in [0.3, 0.4) is 0 Å². The summed E-state index contributed by atoms with van der Waals surface area (Å²) in [6.07, 6.45) is 0.155. The predicted octanol–water partition coefficient (Wildman–Crippen LogP) is 3.74. The second-order valence-electron chi connectivity index (χ2n) is 4.61. The molecule has 108 valence electrons. The molecular weight excluding hydrogens is 292 g/mol. The largest absolute Gasteiger partial charge is 0.325 e. The van der Waals surface area contributed by atoms with Gasteiger partial charge >= 0.3 is 0 Å². The summed E-state index contributed by atoms with van der Waals surface area (Å²) in [5, 5.41) is 14.0. The van der Waals surface area contributed by atoms with E-state index in [9.17, 15) is 14.9 Å². The molecule has 0 saturated carbocycles. The summed E-state index contributed by atoms with van der Waals surface area (Å²) in [4.78, 5) is 22.3. The van der Waals surface area contributed by atoms with E-state index < -0.39 is 4.92 Å². The molecule has 0 radical (unpaired) electrons. The number of benzene rings is 2. The second-order valence-corrected chi connectivity index (χ2v) is 5.05. The van der Waals surface area contributed by atoms with Gasteiger partial charge in [0.05, 0.1) is 17.0 Å². The summed E-state index contributed by atoms with van der Waals surface area (Å²) in [5.41, 5.74) is 1.93. The Morgan fingerprint density at radius 2 is 2.05 bits per heavy atom. The third-order valence-corrected chi connectivity index (χ3v) is 3.19. The van der Waals surface area contributed by atoms with Crippen LogP contribution in [-0.4, -0.2) is 10.8 Å². The number of nitro benzene ring substituents is 1. The van der Waals surface area contributed by atoms with E-state index in [1.165, 1.54) is 12.1 Å². The van der Waals surface area contributed by atoms with Gasteiger partial charge in [0.2, 0.25) is 5.91 Å². The first-order valence-electron chi connectivity index (χ1n) is 6.25. The maximum Gasteiger partial charge on any atom is 0.271 e. The Morgan fingerprint density at radius 3 is 2.71 bits per heavy atom. The average Bonchev–Trinajstić information content (AvgIpc) is 2.41. The molecule has 1 N–H and O–H groups in total. The summed E-state index contributed by atoms with van der Waals surface area (Å²) in [5.74, 6) is -0.249. The SMILES string of the molecule is Cc1ccc([N+](=O)[O-])cc1NC(=O)Cc1cccc(Cl)c1. The minimum atomic E-state index is -0.494. The van der Waals surface area contributed by atoms with E-state index in [2.05, 4.69) is 5.32 Å². The van der Waals surface area contributed by atoms with Gasteiger partial charge in [-0.15, -0.1) is 0 Å². The molecule has 2 aromatic carbocycles. The Morgan fingerprint density at radius 1 is 1.29 bits per heavy atom. The Balaban J connectivity index is 2.12. The molecule has 0 aromatic heterocycles. The third kappa shape index (κ3) is 4.03. The number of hydrogen-bond donors (Lipinski definition) is 1. The zero-order valence-corrected chi connectivity index (χ0v) is 12.1. The van der Waals surface area contributed by atoms with Crippen LogP contribution in [0.5, 0.6) is 0 Å². The number of nitro groups is 1. The highest BCUT2D eigenvalue weighted by molar-refractivity contribution is 6.30. The van der Waals surface area contributed by atoms with E-state index in [1.807, 2.05) is 0 Å². The van der Waals surface area contributed by atoms with Gasteiger partial charge in [-0.1, -0.05) is 29.8 Å². The number of non-ortho nitro benzene ring substituents is 1. The number of aryl methyl sites for hydroxylation is 1. The van der Waals surface area contributed by atoms with E-state index in [0.29, 0.717) is 10.7 Å². The van der Waals surface area contributed by atoms with Crippen LogP contribution in [0.25, 0.3) is 0 Å². The zero-order chi connectivity index (χ0) is 15.4. The van der Waals surface area contributed by atoms with Gasteiger partial charge in [0.25, 0.3) is 5.69 Å². The lowest BCUT2D eigenvalue weighted by Gasteiger charge is -2.08. The van der Waals surface area contributed by atoms with Crippen LogP contribution in [0, 0.1) is 17.0 Å². The van der Waals surface area contributed by atoms with Crippen molar-refractivity contribution in [3.05, 3.63) is 68.7 Å². The molecule has 0 atom stereocenters. The van der Waals surface area contributed by atoms with Gasteiger partial charge in [0, 0.05) is 17.2 Å². The van der Waals surface area contributed by atoms with Crippen LogP contribution in [0.2, 0.25) is 5.02 Å². The Hall–Kier alpha value is -2.40. The van der Waals surface area contributed by atoms with E-state index in [-0.39, 0.29) is 18.0 Å². The summed E-state index contributed by atoms with van der Waals surface area (Å²) >= 11 is 5.86. The van der Waals surface area contributed by atoms with Crippen LogP contribution in [0.4, 0.5) is 11.4 Å². The second kappa shape index (κ2) is 6.37. The predicted molar refractivity (Wildman–Crippen MR) is 81.6 cm³/mol. The van der Waals surface area contributed by atoms with Crippen LogP contribution in [-0.2, 0) is 11.2 Å². The minimum absolute atomic E-state index is 0.0568. The van der Waals surface area contributed by atoms with Gasteiger partial charge in [-0.3, -0.25) is 14.9 Å². The maximum absolute atomic E-state index is 12.0. The van der Waals surface area contributed by atoms with E-state index in [0.717, 1.165) is 11.1 Å². The average molecular weight is 305 g/mol. The highest BCUT2D eigenvalue weighted by Gasteiger charge is 2.11. The van der Waals surface area contributed by atoms with Gasteiger partial charge in [0.15, 0.2) is 0 Å². The first kappa shape index (κ1) is 15.0. The van der Waals surface area contributed by atoms with Crippen molar-refractivity contribution in [3.63, 3.8) is 0 Å². The minimum Gasteiger partial charge on any atom is -0.325 e. The van der Waals surface area contributed by atoms with E-state index in [4.69, 9.17) is 11.6 Å². The molecule has 6 heteroatoms. The number of rotatable bonds is 4. The molecule has 0 saturated heterocycles. The normalized spacial score (nSPS) is 10.2. The molecule has 0 bridgehead atoms. The van der Waals surface area contributed by atoms with Crippen molar-refractivity contribution < 1.29 is 9.72 Å². The van der Waals surface area contributed by atoms with Gasteiger partial charge in [-0.25, -0.2) is 0 Å². The first-order chi connectivity index (χ1) is 9.95. The highest BCUT2D eigenvalue weighted by atomic mass is 35.5. The zero-order valence-electron chi connectivity index (χ0n) is 11.3. The molecular formula is C15H13ClN2O3. The number of halogens is 1. The van der Waals surface area contributed by atoms with Crippen LogP contribution < -0.4 is 5.32 Å². The molecule has 1 amide bonds. The number of nitrogens with zero attached hydrogens (tertiary/aromatic N) is 1. The van der Waals surface area contributed by atoms with Crippen molar-refractivity contribution in [2.24, 2.45) is 0 Å². The molecule has 0 heterocycles. The molecule has 0 aliphatic carbocycles. The Bertz CT molecular complexity index is 701. The van der Waals surface area contributed by atoms with Crippen molar-refractivity contribution in [1.29, 1.82) is 0 Å². The Kier molecular flexibility index (Phi) is 4.55. The van der Waals surface area contributed by atoms with Crippen molar-refractivity contribution in [3.8, 4) is 0 Å². The number of anilines is 1. The molecule has 0 aliphatic heterocycles. The number of nitrogens with one attached hydrogen (secondary N) is 1.